The van der Waals surface area contributed by atoms with Crippen LogP contribution in [0, 0.1) is 13.8 Å². The molecule has 0 saturated heterocycles. The van der Waals surface area contributed by atoms with Gasteiger partial charge >= 0.3 is 5.97 Å². The highest BCUT2D eigenvalue weighted by Gasteiger charge is 2.19. The molecule has 1 atom stereocenters. The first-order chi connectivity index (χ1) is 9.06. The number of benzene rings is 2. The molecule has 98 valence electrons. The average Bonchev–Trinajstić information content (AvgIpc) is 2.35. The molecule has 0 saturated carbocycles. The molecule has 0 bridgehead atoms. The number of carboxylic acids is 1. The third kappa shape index (κ3) is 3.35. The van der Waals surface area contributed by atoms with E-state index in [9.17, 15) is 9.90 Å². The molecule has 2 aromatic rings. The normalized spacial score (nSPS) is 11.9. The lowest BCUT2D eigenvalue weighted by Gasteiger charge is -2.17. The van der Waals surface area contributed by atoms with E-state index in [1.165, 1.54) is 0 Å². The van der Waals surface area contributed by atoms with Gasteiger partial charge in [0.05, 0.1) is 0 Å². The zero-order valence-corrected chi connectivity index (χ0v) is 11.1. The number of anilines is 1. The SMILES string of the molecule is Cc1cccc(NC(C(=O)O)c2cccc(C)c2)c1. The van der Waals surface area contributed by atoms with Crippen LogP contribution in [0.2, 0.25) is 0 Å². The van der Waals surface area contributed by atoms with Gasteiger partial charge in [-0.05, 0) is 37.1 Å². The van der Waals surface area contributed by atoms with E-state index >= 15 is 0 Å². The van der Waals surface area contributed by atoms with E-state index in [0.717, 1.165) is 22.4 Å². The van der Waals surface area contributed by atoms with Crippen molar-refractivity contribution in [1.29, 1.82) is 0 Å². The van der Waals surface area contributed by atoms with Gasteiger partial charge in [0.25, 0.3) is 0 Å². The van der Waals surface area contributed by atoms with Gasteiger partial charge in [-0.1, -0.05) is 42.0 Å². The largest absolute Gasteiger partial charge is 0.479 e. The lowest BCUT2D eigenvalue weighted by molar-refractivity contribution is -0.138. The minimum absolute atomic E-state index is 0.735. The van der Waals surface area contributed by atoms with Crippen molar-refractivity contribution in [3.63, 3.8) is 0 Å². The van der Waals surface area contributed by atoms with Crippen LogP contribution in [-0.4, -0.2) is 11.1 Å². The number of hydrogen-bond donors (Lipinski definition) is 2. The number of rotatable bonds is 4. The quantitative estimate of drug-likeness (QED) is 0.878. The topological polar surface area (TPSA) is 49.3 Å². The molecule has 1 unspecified atom stereocenters. The van der Waals surface area contributed by atoms with Crippen LogP contribution in [-0.2, 0) is 4.79 Å². The van der Waals surface area contributed by atoms with E-state index in [0.29, 0.717) is 0 Å². The van der Waals surface area contributed by atoms with Crippen LogP contribution in [0.25, 0.3) is 0 Å². The van der Waals surface area contributed by atoms with Crippen molar-refractivity contribution in [2.75, 3.05) is 5.32 Å². The molecule has 0 spiro atoms. The molecule has 2 aromatic carbocycles. The fraction of sp³-hybridized carbons (Fsp3) is 0.188. The summed E-state index contributed by atoms with van der Waals surface area (Å²) in [6, 6.07) is 14.5. The fourth-order valence-corrected chi connectivity index (χ4v) is 2.04. The van der Waals surface area contributed by atoms with E-state index < -0.39 is 12.0 Å². The number of aliphatic carboxylic acids is 1. The van der Waals surface area contributed by atoms with Gasteiger partial charge < -0.3 is 10.4 Å². The Morgan fingerprint density at radius 3 is 2.26 bits per heavy atom. The average molecular weight is 255 g/mol. The highest BCUT2D eigenvalue weighted by molar-refractivity contribution is 5.79. The van der Waals surface area contributed by atoms with Gasteiger partial charge in [-0.2, -0.15) is 0 Å². The lowest BCUT2D eigenvalue weighted by atomic mass is 10.0. The van der Waals surface area contributed by atoms with E-state index in [2.05, 4.69) is 5.32 Å². The molecule has 3 heteroatoms. The molecule has 2 N–H and O–H groups in total. The second-order valence-electron chi connectivity index (χ2n) is 4.70. The molecule has 0 aromatic heterocycles. The monoisotopic (exact) mass is 255 g/mol. The molecule has 2 rings (SSSR count). The molecule has 0 amide bonds. The molecule has 19 heavy (non-hydrogen) atoms. The van der Waals surface area contributed by atoms with Gasteiger partial charge in [-0.25, -0.2) is 4.79 Å². The Morgan fingerprint density at radius 1 is 1.05 bits per heavy atom. The van der Waals surface area contributed by atoms with Gasteiger partial charge in [0.1, 0.15) is 0 Å². The van der Waals surface area contributed by atoms with Crippen molar-refractivity contribution in [2.45, 2.75) is 19.9 Å². The van der Waals surface area contributed by atoms with Crippen molar-refractivity contribution < 1.29 is 9.90 Å². The van der Waals surface area contributed by atoms with Crippen LogP contribution >= 0.6 is 0 Å². The Balaban J connectivity index is 2.29. The Kier molecular flexibility index (Phi) is 3.85. The Hall–Kier alpha value is -2.29. The summed E-state index contributed by atoms with van der Waals surface area (Å²) in [7, 11) is 0. The second-order valence-corrected chi connectivity index (χ2v) is 4.70. The number of nitrogens with one attached hydrogen (secondary N) is 1. The van der Waals surface area contributed by atoms with Crippen LogP contribution in [0.5, 0.6) is 0 Å². The van der Waals surface area contributed by atoms with Crippen LogP contribution in [0.4, 0.5) is 5.69 Å². The molecule has 3 nitrogen and oxygen atoms in total. The highest BCUT2D eigenvalue weighted by atomic mass is 16.4. The maximum Gasteiger partial charge on any atom is 0.330 e. The lowest BCUT2D eigenvalue weighted by Crippen LogP contribution is -2.20. The van der Waals surface area contributed by atoms with Crippen LogP contribution < -0.4 is 5.32 Å². The van der Waals surface area contributed by atoms with Crippen molar-refractivity contribution >= 4 is 11.7 Å². The molecule has 0 radical (unpaired) electrons. The number of hydrogen-bond acceptors (Lipinski definition) is 2. The third-order valence-corrected chi connectivity index (χ3v) is 2.95. The first-order valence-corrected chi connectivity index (χ1v) is 6.19. The minimum Gasteiger partial charge on any atom is -0.479 e. The van der Waals surface area contributed by atoms with Crippen LogP contribution in [0.15, 0.2) is 48.5 Å². The summed E-state index contributed by atoms with van der Waals surface area (Å²) in [4.78, 5) is 11.4. The van der Waals surface area contributed by atoms with E-state index in [1.54, 1.807) is 0 Å². The Bertz CT molecular complexity index is 593. The molecule has 0 aliphatic carbocycles. The molecule has 0 aliphatic rings. The summed E-state index contributed by atoms with van der Waals surface area (Å²) >= 11 is 0. The summed E-state index contributed by atoms with van der Waals surface area (Å²) in [6.45, 7) is 3.93. The van der Waals surface area contributed by atoms with Crippen LogP contribution in [0.3, 0.4) is 0 Å². The van der Waals surface area contributed by atoms with E-state index in [4.69, 9.17) is 0 Å². The fourth-order valence-electron chi connectivity index (χ4n) is 2.04. The van der Waals surface area contributed by atoms with Gasteiger partial charge in [-0.3, -0.25) is 0 Å². The predicted octanol–water partition coefficient (Wildman–Crippen LogP) is 3.54. The minimum atomic E-state index is -0.882. The van der Waals surface area contributed by atoms with Gasteiger partial charge in [-0.15, -0.1) is 0 Å². The molecular weight excluding hydrogens is 238 g/mol. The maximum atomic E-state index is 11.4. The van der Waals surface area contributed by atoms with E-state index in [-0.39, 0.29) is 0 Å². The summed E-state index contributed by atoms with van der Waals surface area (Å²) < 4.78 is 0. The predicted molar refractivity (Wildman–Crippen MR) is 76.4 cm³/mol. The van der Waals surface area contributed by atoms with Gasteiger partial charge in [0.2, 0.25) is 0 Å². The molecule has 0 aliphatic heterocycles. The Morgan fingerprint density at radius 2 is 1.68 bits per heavy atom. The molecule has 0 heterocycles. The van der Waals surface area contributed by atoms with Gasteiger partial charge in [0.15, 0.2) is 6.04 Å². The van der Waals surface area contributed by atoms with Crippen molar-refractivity contribution in [1.82, 2.24) is 0 Å². The first kappa shape index (κ1) is 13.1. The number of carboxylic acid groups (broad SMARTS) is 1. The summed E-state index contributed by atoms with van der Waals surface area (Å²) in [6.07, 6.45) is 0. The maximum absolute atomic E-state index is 11.4. The molecule has 0 fully saturated rings. The summed E-state index contributed by atoms with van der Waals surface area (Å²) in [5.41, 5.74) is 3.72. The smallest absolute Gasteiger partial charge is 0.330 e. The standard InChI is InChI=1S/C16H17NO2/c1-11-5-3-7-13(9-11)15(16(18)19)17-14-8-4-6-12(2)10-14/h3-10,15,17H,1-2H3,(H,18,19). The summed E-state index contributed by atoms with van der Waals surface area (Å²) in [5.74, 6) is -0.882. The second kappa shape index (κ2) is 5.57. The first-order valence-electron chi connectivity index (χ1n) is 6.19. The van der Waals surface area contributed by atoms with E-state index in [1.807, 2.05) is 62.4 Å². The zero-order chi connectivity index (χ0) is 13.8. The summed E-state index contributed by atoms with van der Waals surface area (Å²) in [5, 5.41) is 12.4. The van der Waals surface area contributed by atoms with Crippen LogP contribution in [0.1, 0.15) is 22.7 Å². The van der Waals surface area contributed by atoms with Crippen molar-refractivity contribution in [3.05, 3.63) is 65.2 Å². The number of carbonyl (C=O) groups is 1. The van der Waals surface area contributed by atoms with Gasteiger partial charge in [0, 0.05) is 5.69 Å². The molecular formula is C16H17NO2. The Labute approximate surface area is 112 Å². The third-order valence-electron chi connectivity index (χ3n) is 2.95. The van der Waals surface area contributed by atoms with Crippen molar-refractivity contribution in [2.24, 2.45) is 0 Å². The highest BCUT2D eigenvalue weighted by Crippen LogP contribution is 2.21. The number of aryl methyl sites for hydroxylation is 2. The van der Waals surface area contributed by atoms with Crippen molar-refractivity contribution in [3.8, 4) is 0 Å². The zero-order valence-electron chi connectivity index (χ0n) is 11.1.